The second-order valence-corrected chi connectivity index (χ2v) is 10.3. The van der Waals surface area contributed by atoms with Crippen LogP contribution in [0.25, 0.3) is 11.1 Å². The zero-order valence-corrected chi connectivity index (χ0v) is 20.7. The Balaban J connectivity index is 1.40. The Morgan fingerprint density at radius 3 is 2.82 bits per heavy atom. The third-order valence-electron chi connectivity index (χ3n) is 5.82. The summed E-state index contributed by atoms with van der Waals surface area (Å²) in [5, 5.41) is 4.73. The Labute approximate surface area is 206 Å². The number of halogens is 2. The number of aromatic nitrogens is 1. The van der Waals surface area contributed by atoms with Crippen LogP contribution < -0.4 is 10.2 Å². The minimum Gasteiger partial charge on any atom is -0.496 e. The van der Waals surface area contributed by atoms with Gasteiger partial charge in [-0.05, 0) is 53.3 Å². The Morgan fingerprint density at radius 2 is 2.09 bits per heavy atom. The lowest BCUT2D eigenvalue weighted by Gasteiger charge is -2.08. The normalized spacial score (nSPS) is 18.9. The van der Waals surface area contributed by atoms with Crippen LogP contribution in [0.1, 0.15) is 25.0 Å². The van der Waals surface area contributed by atoms with Gasteiger partial charge in [-0.3, -0.25) is 4.79 Å². The fraction of sp³-hybridized carbons (Fsp3) is 0.292. The first kappa shape index (κ1) is 23.7. The molecule has 0 bridgehead atoms. The number of para-hydroxylation sites is 2. The van der Waals surface area contributed by atoms with Crippen LogP contribution in [0.2, 0.25) is 0 Å². The third kappa shape index (κ3) is 5.37. The standard InChI is InChI=1S/C24H23Cl2N3O3S/c1-24(2)16(11-20(25)26)21(24)22(30)29-27-12-14-8-9-18(31-3)15(10-14)13-33-23-28-17-6-4-5-7-19(17)32-23/h4-12,16,21H,13H2,1-3H3,(H,29,30)/b27-12+. The number of fused-ring (bicyclic) bond motifs is 1. The van der Waals surface area contributed by atoms with Crippen molar-refractivity contribution in [1.82, 2.24) is 10.4 Å². The van der Waals surface area contributed by atoms with E-state index < -0.39 is 0 Å². The van der Waals surface area contributed by atoms with E-state index in [9.17, 15) is 4.79 Å². The molecule has 1 aliphatic carbocycles. The van der Waals surface area contributed by atoms with E-state index in [0.29, 0.717) is 11.0 Å². The zero-order valence-electron chi connectivity index (χ0n) is 18.3. The van der Waals surface area contributed by atoms with Gasteiger partial charge < -0.3 is 9.15 Å². The van der Waals surface area contributed by atoms with Crippen molar-refractivity contribution in [2.24, 2.45) is 22.4 Å². The third-order valence-corrected chi connectivity index (χ3v) is 6.95. The summed E-state index contributed by atoms with van der Waals surface area (Å²) in [6.45, 7) is 4.01. The number of amides is 1. The molecule has 0 aliphatic heterocycles. The van der Waals surface area contributed by atoms with E-state index >= 15 is 0 Å². The molecule has 172 valence electrons. The highest BCUT2D eigenvalue weighted by Gasteiger charge is 2.60. The maximum atomic E-state index is 12.5. The summed E-state index contributed by atoms with van der Waals surface area (Å²) in [5.74, 6) is 0.975. The van der Waals surface area contributed by atoms with Gasteiger partial charge in [0.2, 0.25) is 5.91 Å². The Morgan fingerprint density at radius 1 is 1.30 bits per heavy atom. The monoisotopic (exact) mass is 503 g/mol. The number of hydrazone groups is 1. The molecule has 4 rings (SSSR count). The van der Waals surface area contributed by atoms with E-state index in [0.717, 1.165) is 28.0 Å². The van der Waals surface area contributed by atoms with Gasteiger partial charge in [0, 0.05) is 11.3 Å². The van der Waals surface area contributed by atoms with Crippen LogP contribution in [-0.4, -0.2) is 24.2 Å². The predicted molar refractivity (Wildman–Crippen MR) is 133 cm³/mol. The van der Waals surface area contributed by atoms with Crippen LogP contribution in [0, 0.1) is 17.3 Å². The Kier molecular flexibility index (Phi) is 7.02. The lowest BCUT2D eigenvalue weighted by Crippen LogP contribution is -2.21. The first-order valence-electron chi connectivity index (χ1n) is 10.3. The number of hydrogen-bond donors (Lipinski definition) is 1. The molecule has 6 nitrogen and oxygen atoms in total. The van der Waals surface area contributed by atoms with Crippen molar-refractivity contribution in [2.45, 2.75) is 24.8 Å². The quantitative estimate of drug-likeness (QED) is 0.226. The highest BCUT2D eigenvalue weighted by atomic mass is 35.5. The summed E-state index contributed by atoms with van der Waals surface area (Å²) < 4.78 is 11.4. The van der Waals surface area contributed by atoms with Crippen molar-refractivity contribution in [3.8, 4) is 5.75 Å². The van der Waals surface area contributed by atoms with Gasteiger partial charge in [0.15, 0.2) is 5.58 Å². The Bertz CT molecular complexity index is 1200. The average molecular weight is 504 g/mol. The van der Waals surface area contributed by atoms with Gasteiger partial charge in [0.05, 0.1) is 19.2 Å². The summed E-state index contributed by atoms with van der Waals surface area (Å²) in [4.78, 5) is 17.0. The molecule has 9 heteroatoms. The van der Waals surface area contributed by atoms with Gasteiger partial charge in [-0.1, -0.05) is 60.9 Å². The minimum absolute atomic E-state index is 0.00540. The molecule has 2 aromatic carbocycles. The molecule has 0 radical (unpaired) electrons. The van der Waals surface area contributed by atoms with Crippen LogP contribution in [0.4, 0.5) is 0 Å². The molecule has 1 aliphatic rings. The second-order valence-electron chi connectivity index (χ2n) is 8.32. The van der Waals surface area contributed by atoms with E-state index in [1.807, 2.05) is 56.3 Å². The number of benzene rings is 2. The molecule has 1 heterocycles. The average Bonchev–Trinajstić information content (AvgIpc) is 3.11. The van der Waals surface area contributed by atoms with Crippen LogP contribution >= 0.6 is 35.0 Å². The summed E-state index contributed by atoms with van der Waals surface area (Å²) in [6.07, 6.45) is 3.32. The zero-order chi connectivity index (χ0) is 23.6. The lowest BCUT2D eigenvalue weighted by molar-refractivity contribution is -0.123. The summed E-state index contributed by atoms with van der Waals surface area (Å²) in [5.41, 5.74) is 5.80. The fourth-order valence-electron chi connectivity index (χ4n) is 3.91. The number of oxazole rings is 1. The lowest BCUT2D eigenvalue weighted by atomic mass is 10.1. The SMILES string of the molecule is COc1ccc(/C=N/NC(=O)C2C(C=C(Cl)Cl)C2(C)C)cc1CSc1nc2ccccc2o1. The van der Waals surface area contributed by atoms with Gasteiger partial charge in [-0.15, -0.1) is 0 Å². The fourth-order valence-corrected chi connectivity index (χ4v) is 5.00. The topological polar surface area (TPSA) is 76.7 Å². The number of rotatable bonds is 8. The summed E-state index contributed by atoms with van der Waals surface area (Å²) >= 11 is 13.0. The van der Waals surface area contributed by atoms with E-state index in [-0.39, 0.29) is 27.6 Å². The van der Waals surface area contributed by atoms with Gasteiger partial charge in [-0.25, -0.2) is 10.4 Å². The molecule has 33 heavy (non-hydrogen) atoms. The highest BCUT2D eigenvalue weighted by Crippen LogP contribution is 2.59. The number of thioether (sulfide) groups is 1. The van der Waals surface area contributed by atoms with E-state index in [4.69, 9.17) is 32.4 Å². The Hall–Kier alpha value is -2.48. The number of hydrogen-bond acceptors (Lipinski definition) is 6. The van der Waals surface area contributed by atoms with Gasteiger partial charge in [0.1, 0.15) is 15.8 Å². The molecule has 2 atom stereocenters. The number of carbonyl (C=O) groups is 1. The van der Waals surface area contributed by atoms with Crippen LogP contribution in [0.15, 0.2) is 67.8 Å². The first-order valence-corrected chi connectivity index (χ1v) is 12.0. The highest BCUT2D eigenvalue weighted by molar-refractivity contribution is 7.98. The van der Waals surface area contributed by atoms with Crippen molar-refractivity contribution < 1.29 is 13.9 Å². The first-order chi connectivity index (χ1) is 15.8. The molecule has 1 saturated carbocycles. The number of nitrogens with one attached hydrogen (secondary N) is 1. The maximum Gasteiger partial charge on any atom is 0.257 e. The van der Waals surface area contributed by atoms with Crippen molar-refractivity contribution in [2.75, 3.05) is 7.11 Å². The molecule has 1 amide bonds. The van der Waals surface area contributed by atoms with Gasteiger partial charge >= 0.3 is 0 Å². The van der Waals surface area contributed by atoms with Crippen LogP contribution in [0.5, 0.6) is 5.75 Å². The molecule has 1 fully saturated rings. The number of ether oxygens (including phenoxy) is 1. The maximum absolute atomic E-state index is 12.5. The minimum atomic E-state index is -0.221. The number of allylic oxidation sites excluding steroid dienone is 1. The summed E-state index contributed by atoms with van der Waals surface area (Å²) in [6, 6.07) is 13.4. The smallest absolute Gasteiger partial charge is 0.257 e. The van der Waals surface area contributed by atoms with Crippen LogP contribution in [0.3, 0.4) is 0 Å². The van der Waals surface area contributed by atoms with Gasteiger partial charge in [-0.2, -0.15) is 5.10 Å². The van der Waals surface area contributed by atoms with E-state index in [1.165, 1.54) is 11.8 Å². The molecule has 1 aromatic heterocycles. The molecule has 1 N–H and O–H groups in total. The molecular formula is C24H23Cl2N3O3S. The number of methoxy groups -OCH3 is 1. The molecule has 3 aromatic rings. The number of nitrogens with zero attached hydrogens (tertiary/aromatic N) is 2. The van der Waals surface area contributed by atoms with E-state index in [1.54, 1.807) is 19.4 Å². The molecular weight excluding hydrogens is 481 g/mol. The second kappa shape index (κ2) is 9.79. The van der Waals surface area contributed by atoms with Crippen molar-refractivity contribution in [1.29, 1.82) is 0 Å². The van der Waals surface area contributed by atoms with Crippen molar-refractivity contribution >= 4 is 58.2 Å². The van der Waals surface area contributed by atoms with E-state index in [2.05, 4.69) is 15.5 Å². The molecule has 2 unspecified atom stereocenters. The van der Waals surface area contributed by atoms with Gasteiger partial charge in [0.25, 0.3) is 5.22 Å². The predicted octanol–water partition coefficient (Wildman–Crippen LogP) is 6.17. The van der Waals surface area contributed by atoms with Crippen molar-refractivity contribution in [3.05, 3.63) is 64.2 Å². The molecule has 0 saturated heterocycles. The largest absolute Gasteiger partial charge is 0.496 e. The summed E-state index contributed by atoms with van der Waals surface area (Å²) in [7, 11) is 1.63. The van der Waals surface area contributed by atoms with Crippen molar-refractivity contribution in [3.63, 3.8) is 0 Å². The molecule has 0 spiro atoms. The van der Waals surface area contributed by atoms with Crippen LogP contribution in [-0.2, 0) is 10.5 Å². The number of carbonyl (C=O) groups excluding carboxylic acids is 1.